The second kappa shape index (κ2) is 9.69. The number of hydrogen-bond donors (Lipinski definition) is 0. The Morgan fingerprint density at radius 3 is 2.97 bits per heavy atom. The van der Waals surface area contributed by atoms with Gasteiger partial charge in [0.2, 0.25) is 0 Å². The van der Waals surface area contributed by atoms with Gasteiger partial charge in [0.05, 0.1) is 25.0 Å². The van der Waals surface area contributed by atoms with Crippen molar-refractivity contribution in [2.24, 2.45) is 0 Å². The van der Waals surface area contributed by atoms with Gasteiger partial charge in [-0.15, -0.1) is 0 Å². The molecule has 1 saturated heterocycles. The number of cyclic esters (lactones) is 1. The standard InChI is InChI=1S/C26H28N4O5S/c1-16(2)11-17-12-19-22(13-21(17)33-4)35-14-20-23(27-30(24(19)20)18-5-10-36-15-18)25(31)28(3)6-7-29-8-9-34-26(29)32/h5,10-13,15H,6-9,14H2,1-4H3/i1D3,3D3. The maximum absolute atomic E-state index is 13.9. The van der Waals surface area contributed by atoms with Crippen LogP contribution in [-0.4, -0.2) is 71.9 Å². The predicted molar refractivity (Wildman–Crippen MR) is 137 cm³/mol. The molecule has 188 valence electrons. The van der Waals surface area contributed by atoms with E-state index in [4.69, 9.17) is 22.4 Å². The summed E-state index contributed by atoms with van der Waals surface area (Å²) in [6.45, 7) is -3.48. The third-order valence-corrected chi connectivity index (χ3v) is 6.62. The summed E-state index contributed by atoms with van der Waals surface area (Å²) in [5, 5.41) is 8.27. The molecule has 0 spiro atoms. The minimum absolute atomic E-state index is 0.0198. The van der Waals surface area contributed by atoms with E-state index < -0.39 is 25.8 Å². The van der Waals surface area contributed by atoms with Crippen LogP contribution in [-0.2, 0) is 11.3 Å². The van der Waals surface area contributed by atoms with Gasteiger partial charge < -0.3 is 24.0 Å². The zero-order chi connectivity index (χ0) is 30.4. The van der Waals surface area contributed by atoms with Crippen LogP contribution < -0.4 is 9.47 Å². The van der Waals surface area contributed by atoms with Gasteiger partial charge in [0.15, 0.2) is 5.69 Å². The van der Waals surface area contributed by atoms with Crippen molar-refractivity contribution < 1.29 is 32.0 Å². The average molecular weight is 515 g/mol. The van der Waals surface area contributed by atoms with E-state index in [2.05, 4.69) is 5.10 Å². The SMILES string of the molecule is [2H]C([2H])([2H])C(C)=Cc1cc2c(cc1OC)OCc1c(C(=O)N(CCN3CCOC3=O)C([2H])([2H])[2H])nn(-c3ccsc3)c1-2. The van der Waals surface area contributed by atoms with E-state index in [-0.39, 0.29) is 37.6 Å². The fourth-order valence-corrected chi connectivity index (χ4v) is 4.85. The van der Waals surface area contributed by atoms with Crippen LogP contribution in [0.4, 0.5) is 4.79 Å². The molecule has 0 unspecified atom stereocenters. The van der Waals surface area contributed by atoms with E-state index in [1.165, 1.54) is 36.3 Å². The predicted octanol–water partition coefficient (Wildman–Crippen LogP) is 4.45. The van der Waals surface area contributed by atoms with Crippen molar-refractivity contribution in [3.05, 3.63) is 51.4 Å². The fourth-order valence-electron chi connectivity index (χ4n) is 4.23. The number of benzene rings is 1. The molecule has 2 aliphatic rings. The highest BCUT2D eigenvalue weighted by Gasteiger charge is 2.32. The highest BCUT2D eigenvalue weighted by Crippen LogP contribution is 2.44. The lowest BCUT2D eigenvalue weighted by Crippen LogP contribution is -2.37. The first kappa shape index (κ1) is 17.6. The van der Waals surface area contributed by atoms with Gasteiger partial charge in [-0.2, -0.15) is 16.4 Å². The number of methoxy groups -OCH3 is 1. The number of carbonyl (C=O) groups excluding carboxylic acids is 2. The van der Waals surface area contributed by atoms with Gasteiger partial charge in [-0.3, -0.25) is 4.79 Å². The van der Waals surface area contributed by atoms with E-state index >= 15 is 0 Å². The number of nitrogens with zero attached hydrogens (tertiary/aromatic N) is 4. The van der Waals surface area contributed by atoms with E-state index in [9.17, 15) is 9.59 Å². The van der Waals surface area contributed by atoms with Crippen LogP contribution in [0.25, 0.3) is 23.0 Å². The molecule has 2 amide bonds. The Kier molecular flexibility index (Phi) is 4.74. The molecule has 5 rings (SSSR count). The molecular weight excluding hydrogens is 480 g/mol. The molecule has 2 aromatic heterocycles. The number of thiophene rings is 1. The molecular formula is C26H28N4O5S. The summed E-state index contributed by atoms with van der Waals surface area (Å²) in [6.07, 6.45) is 0.948. The molecule has 0 radical (unpaired) electrons. The van der Waals surface area contributed by atoms with Gasteiger partial charge >= 0.3 is 6.09 Å². The third-order valence-electron chi connectivity index (χ3n) is 5.95. The summed E-state index contributed by atoms with van der Waals surface area (Å²) in [5.74, 6) is -0.0157. The zero-order valence-electron chi connectivity index (χ0n) is 25.7. The van der Waals surface area contributed by atoms with Crippen LogP contribution >= 0.6 is 11.3 Å². The number of fused-ring (bicyclic) bond motifs is 3. The number of carbonyl (C=O) groups is 2. The lowest BCUT2D eigenvalue weighted by molar-refractivity contribution is 0.0773. The quantitative estimate of drug-likeness (QED) is 0.463. The van der Waals surface area contributed by atoms with Crippen molar-refractivity contribution >= 4 is 29.4 Å². The molecule has 0 N–H and O–H groups in total. The third kappa shape index (κ3) is 4.32. The highest BCUT2D eigenvalue weighted by molar-refractivity contribution is 7.08. The van der Waals surface area contributed by atoms with E-state index in [0.717, 1.165) is 4.90 Å². The largest absolute Gasteiger partial charge is 0.496 e. The molecule has 1 fully saturated rings. The van der Waals surface area contributed by atoms with E-state index in [0.29, 0.717) is 46.1 Å². The number of aromatic nitrogens is 2. The van der Waals surface area contributed by atoms with Crippen molar-refractivity contribution in [3.63, 3.8) is 0 Å². The molecule has 0 aliphatic carbocycles. The van der Waals surface area contributed by atoms with Crippen LogP contribution in [0, 0.1) is 0 Å². The van der Waals surface area contributed by atoms with Crippen LogP contribution in [0.1, 0.15) is 43.6 Å². The molecule has 0 saturated carbocycles. The number of ether oxygens (including phenoxy) is 3. The lowest BCUT2D eigenvalue weighted by Gasteiger charge is -2.22. The van der Waals surface area contributed by atoms with Crippen molar-refractivity contribution in [3.8, 4) is 28.4 Å². The van der Waals surface area contributed by atoms with Gasteiger partial charge in [-0.05, 0) is 31.3 Å². The number of allylic oxidation sites excluding steroid dienone is 1. The first-order valence-corrected chi connectivity index (χ1v) is 12.2. The van der Waals surface area contributed by atoms with Crippen LogP contribution in [0.5, 0.6) is 11.5 Å². The zero-order valence-corrected chi connectivity index (χ0v) is 20.6. The normalized spacial score (nSPS) is 17.9. The molecule has 3 aromatic rings. The topological polar surface area (TPSA) is 86.1 Å². The Labute approximate surface area is 221 Å². The molecule has 10 heteroatoms. The number of likely N-dealkylation sites (N-methyl/N-ethyl adjacent to an activating group) is 1. The summed E-state index contributed by atoms with van der Waals surface area (Å²) >= 11 is 1.42. The fraction of sp³-hybridized carbons (Fsp3) is 0.346. The van der Waals surface area contributed by atoms with E-state index in [1.807, 2.05) is 16.8 Å². The Morgan fingerprint density at radius 1 is 1.39 bits per heavy atom. The molecule has 0 bridgehead atoms. The van der Waals surface area contributed by atoms with Crippen LogP contribution in [0.2, 0.25) is 0 Å². The molecule has 1 aromatic carbocycles. The van der Waals surface area contributed by atoms with E-state index in [1.54, 1.807) is 16.8 Å². The Hall–Kier alpha value is -3.79. The van der Waals surface area contributed by atoms with Crippen LogP contribution in [0.3, 0.4) is 0 Å². The van der Waals surface area contributed by atoms with Crippen molar-refractivity contribution in [2.45, 2.75) is 20.4 Å². The molecule has 9 nitrogen and oxygen atoms in total. The molecule has 36 heavy (non-hydrogen) atoms. The maximum atomic E-state index is 13.9. The van der Waals surface area contributed by atoms with Gasteiger partial charge in [0.25, 0.3) is 5.91 Å². The Bertz CT molecular complexity index is 1550. The van der Waals surface area contributed by atoms with Gasteiger partial charge in [0.1, 0.15) is 24.7 Å². The molecule has 2 aliphatic heterocycles. The van der Waals surface area contributed by atoms with Crippen molar-refractivity contribution in [1.82, 2.24) is 19.6 Å². The van der Waals surface area contributed by atoms with Crippen LogP contribution in [0.15, 0.2) is 34.5 Å². The number of rotatable bonds is 7. The van der Waals surface area contributed by atoms with Gasteiger partial charge in [-0.25, -0.2) is 9.48 Å². The first-order valence-electron chi connectivity index (χ1n) is 14.2. The molecule has 0 atom stereocenters. The van der Waals surface area contributed by atoms with Gasteiger partial charge in [-0.1, -0.05) is 11.6 Å². The maximum Gasteiger partial charge on any atom is 0.409 e. The summed E-state index contributed by atoms with van der Waals surface area (Å²) in [4.78, 5) is 27.8. The highest BCUT2D eigenvalue weighted by atomic mass is 32.1. The Balaban J connectivity index is 1.63. The van der Waals surface area contributed by atoms with Crippen molar-refractivity contribution in [2.75, 3.05) is 40.3 Å². The molecule has 4 heterocycles. The minimum atomic E-state index is -2.81. The first-order chi connectivity index (χ1) is 19.8. The minimum Gasteiger partial charge on any atom is -0.496 e. The number of amides is 2. The summed E-state index contributed by atoms with van der Waals surface area (Å²) < 4.78 is 65.5. The average Bonchev–Trinajstić information content (AvgIpc) is 3.67. The summed E-state index contributed by atoms with van der Waals surface area (Å²) in [6, 6.07) is 5.17. The summed E-state index contributed by atoms with van der Waals surface area (Å²) in [5.41, 5.74) is 2.59. The monoisotopic (exact) mass is 514 g/mol. The second-order valence-corrected chi connectivity index (χ2v) is 9.11. The summed E-state index contributed by atoms with van der Waals surface area (Å²) in [7, 11) is 1.47. The van der Waals surface area contributed by atoms with Gasteiger partial charge in [0, 0.05) is 56.4 Å². The smallest absolute Gasteiger partial charge is 0.409 e. The Morgan fingerprint density at radius 2 is 2.28 bits per heavy atom. The second-order valence-electron chi connectivity index (χ2n) is 8.33. The number of hydrogen-bond acceptors (Lipinski definition) is 7. The van der Waals surface area contributed by atoms with Crippen molar-refractivity contribution in [1.29, 1.82) is 0 Å². The lowest BCUT2D eigenvalue weighted by atomic mass is 9.98.